The first-order chi connectivity index (χ1) is 13.0. The van der Waals surface area contributed by atoms with Gasteiger partial charge in [0.2, 0.25) is 0 Å². The number of quaternary nitrogens is 1. The molecule has 0 bridgehead atoms. The molecule has 2 aromatic carbocycles. The van der Waals surface area contributed by atoms with Crippen LogP contribution in [0.4, 0.5) is 10.1 Å². The lowest BCUT2D eigenvalue weighted by atomic mass is 9.95. The van der Waals surface area contributed by atoms with Gasteiger partial charge in [-0.2, -0.15) is 0 Å². The van der Waals surface area contributed by atoms with E-state index >= 15 is 0 Å². The van der Waals surface area contributed by atoms with Gasteiger partial charge in [-0.25, -0.2) is 4.39 Å². The smallest absolute Gasteiger partial charge is 0.136 e. The second kappa shape index (κ2) is 7.25. The molecule has 1 N–H and O–H groups in total. The van der Waals surface area contributed by atoms with Crippen LogP contribution in [0.1, 0.15) is 23.5 Å². The molecular weight excluding hydrogens is 339 g/mol. The maximum absolute atomic E-state index is 13.8. The summed E-state index contributed by atoms with van der Waals surface area (Å²) >= 11 is 0. The van der Waals surface area contributed by atoms with Gasteiger partial charge in [-0.1, -0.05) is 18.2 Å². The molecule has 4 heteroatoms. The van der Waals surface area contributed by atoms with Gasteiger partial charge in [0, 0.05) is 17.5 Å². The molecule has 0 amide bonds. The number of hydrogen-bond donors (Lipinski definition) is 1. The Hall–Kier alpha value is -1.91. The van der Waals surface area contributed by atoms with Crippen LogP contribution >= 0.6 is 0 Å². The average Bonchev–Trinajstić information content (AvgIpc) is 3.37. The summed E-state index contributed by atoms with van der Waals surface area (Å²) in [7, 11) is 6.20. The van der Waals surface area contributed by atoms with E-state index in [1.807, 2.05) is 18.2 Å². The standard InChI is InChI=1S/C23H30FN2O/c1-26(2)15-21(20-13-18(24)8-9-22(20)26)19-12-17(19)14-25-11-10-16-6-4-5-7-23(16)27-3/h4-9,13,17,19,21,25H,10-12,14-15H2,1-3H3/q+1. The molecule has 1 heterocycles. The first kappa shape index (κ1) is 18.5. The quantitative estimate of drug-likeness (QED) is 0.589. The Morgan fingerprint density at radius 2 is 2.00 bits per heavy atom. The fraction of sp³-hybridized carbons (Fsp3) is 0.478. The summed E-state index contributed by atoms with van der Waals surface area (Å²) in [5.74, 6) is 2.75. The van der Waals surface area contributed by atoms with Crippen LogP contribution in [-0.2, 0) is 6.42 Å². The number of fused-ring (bicyclic) bond motifs is 1. The molecule has 2 aromatic rings. The number of para-hydroxylation sites is 1. The van der Waals surface area contributed by atoms with Gasteiger partial charge in [0.25, 0.3) is 0 Å². The Morgan fingerprint density at radius 1 is 1.19 bits per heavy atom. The minimum atomic E-state index is -0.104. The van der Waals surface area contributed by atoms with Crippen molar-refractivity contribution in [3.05, 3.63) is 59.4 Å². The molecule has 27 heavy (non-hydrogen) atoms. The lowest BCUT2D eigenvalue weighted by molar-refractivity contribution is 0.382. The van der Waals surface area contributed by atoms with Crippen LogP contribution < -0.4 is 14.5 Å². The van der Waals surface area contributed by atoms with Crippen LogP contribution in [0.15, 0.2) is 42.5 Å². The summed E-state index contributed by atoms with van der Waals surface area (Å²) in [6.45, 7) is 3.09. The zero-order valence-electron chi connectivity index (χ0n) is 16.5. The van der Waals surface area contributed by atoms with E-state index in [1.54, 1.807) is 19.2 Å². The number of rotatable bonds is 7. The monoisotopic (exact) mass is 369 g/mol. The van der Waals surface area contributed by atoms with Crippen LogP contribution in [0.2, 0.25) is 0 Å². The van der Waals surface area contributed by atoms with Crippen LogP contribution in [0.25, 0.3) is 0 Å². The zero-order valence-corrected chi connectivity index (χ0v) is 16.5. The van der Waals surface area contributed by atoms with Crippen molar-refractivity contribution in [2.75, 3.05) is 40.8 Å². The van der Waals surface area contributed by atoms with Crippen LogP contribution in [0, 0.1) is 17.7 Å². The molecule has 0 radical (unpaired) electrons. The van der Waals surface area contributed by atoms with E-state index in [9.17, 15) is 4.39 Å². The third-order valence-corrected chi connectivity index (χ3v) is 6.36. The van der Waals surface area contributed by atoms with Crippen LogP contribution in [-0.4, -0.2) is 40.8 Å². The molecule has 3 nitrogen and oxygen atoms in total. The lowest BCUT2D eigenvalue weighted by Gasteiger charge is -2.24. The summed E-state index contributed by atoms with van der Waals surface area (Å²) in [6, 6.07) is 13.6. The summed E-state index contributed by atoms with van der Waals surface area (Å²) in [6.07, 6.45) is 2.23. The Balaban J connectivity index is 1.30. The van der Waals surface area contributed by atoms with E-state index in [2.05, 4.69) is 31.5 Å². The number of methoxy groups -OCH3 is 1. The van der Waals surface area contributed by atoms with Crippen molar-refractivity contribution >= 4 is 5.69 Å². The molecule has 0 aromatic heterocycles. The summed E-state index contributed by atoms with van der Waals surface area (Å²) < 4.78 is 20.1. The number of benzene rings is 2. The highest BCUT2D eigenvalue weighted by Crippen LogP contribution is 2.54. The van der Waals surface area contributed by atoms with Crippen molar-refractivity contribution in [1.82, 2.24) is 9.80 Å². The lowest BCUT2D eigenvalue weighted by Crippen LogP contribution is -2.39. The van der Waals surface area contributed by atoms with Crippen molar-refractivity contribution in [3.63, 3.8) is 0 Å². The predicted molar refractivity (Wildman–Crippen MR) is 109 cm³/mol. The summed E-state index contributed by atoms with van der Waals surface area (Å²) in [5.41, 5.74) is 3.77. The molecule has 1 aliphatic carbocycles. The minimum absolute atomic E-state index is 0.104. The molecule has 3 atom stereocenters. The number of likely N-dealkylation sites (N-methyl/N-ethyl adjacent to an activating group) is 1. The Kier molecular flexibility index (Phi) is 4.95. The van der Waals surface area contributed by atoms with Crippen molar-refractivity contribution in [1.29, 1.82) is 0 Å². The Labute approximate surface area is 161 Å². The molecule has 4 rings (SSSR count). The minimum Gasteiger partial charge on any atom is -0.496 e. The van der Waals surface area contributed by atoms with Gasteiger partial charge >= 0.3 is 0 Å². The van der Waals surface area contributed by atoms with Crippen LogP contribution in [0.5, 0.6) is 5.75 Å². The third-order valence-electron chi connectivity index (χ3n) is 6.36. The van der Waals surface area contributed by atoms with Crippen molar-refractivity contribution in [3.8, 4) is 5.75 Å². The molecule has 1 fully saturated rings. The predicted octanol–water partition coefficient (Wildman–Crippen LogP) is 3.97. The molecule has 0 spiro atoms. The number of hydrogen-bond acceptors (Lipinski definition) is 2. The normalized spacial score (nSPS) is 25.3. The third kappa shape index (κ3) is 3.74. The maximum Gasteiger partial charge on any atom is 0.136 e. The van der Waals surface area contributed by atoms with Crippen molar-refractivity contribution in [2.24, 2.45) is 11.8 Å². The van der Waals surface area contributed by atoms with Gasteiger partial charge in [-0.15, -0.1) is 0 Å². The Bertz CT molecular complexity index is 820. The molecule has 1 aliphatic heterocycles. The van der Waals surface area contributed by atoms with Crippen molar-refractivity contribution in [2.45, 2.75) is 18.8 Å². The molecule has 144 valence electrons. The molecule has 0 saturated heterocycles. The second-order valence-corrected chi connectivity index (χ2v) is 8.60. The van der Waals surface area contributed by atoms with Gasteiger partial charge in [0.1, 0.15) is 17.3 Å². The van der Waals surface area contributed by atoms with E-state index in [0.717, 1.165) is 36.3 Å². The first-order valence-corrected chi connectivity index (χ1v) is 9.95. The van der Waals surface area contributed by atoms with E-state index in [1.165, 1.54) is 23.2 Å². The molecular formula is C23H30FN2O+. The van der Waals surface area contributed by atoms with Gasteiger partial charge in [-0.3, -0.25) is 4.48 Å². The summed E-state index contributed by atoms with van der Waals surface area (Å²) in [5, 5.41) is 3.62. The number of ether oxygens (including phenoxy) is 1. The highest BCUT2D eigenvalue weighted by atomic mass is 19.1. The second-order valence-electron chi connectivity index (χ2n) is 8.60. The van der Waals surface area contributed by atoms with Gasteiger partial charge in [-0.05, 0) is 61.5 Å². The molecule has 3 unspecified atom stereocenters. The molecule has 2 aliphatic rings. The summed E-state index contributed by atoms with van der Waals surface area (Å²) in [4.78, 5) is 0. The van der Waals surface area contributed by atoms with Crippen LogP contribution in [0.3, 0.4) is 0 Å². The van der Waals surface area contributed by atoms with Gasteiger partial charge < -0.3 is 10.1 Å². The van der Waals surface area contributed by atoms with E-state index in [4.69, 9.17) is 4.74 Å². The zero-order chi connectivity index (χ0) is 19.0. The van der Waals surface area contributed by atoms with Gasteiger partial charge in [0.15, 0.2) is 0 Å². The van der Waals surface area contributed by atoms with E-state index < -0.39 is 0 Å². The largest absolute Gasteiger partial charge is 0.496 e. The fourth-order valence-electron chi connectivity index (χ4n) is 4.85. The highest BCUT2D eigenvalue weighted by molar-refractivity contribution is 5.57. The molecule has 1 saturated carbocycles. The number of nitrogens with one attached hydrogen (secondary N) is 1. The number of halogens is 1. The SMILES string of the molecule is COc1ccccc1CCNCC1CC1C1C[N+](C)(C)c2ccc(F)cc21. The van der Waals surface area contributed by atoms with E-state index in [0.29, 0.717) is 17.8 Å². The fourth-order valence-corrected chi connectivity index (χ4v) is 4.85. The average molecular weight is 370 g/mol. The first-order valence-electron chi connectivity index (χ1n) is 9.95. The van der Waals surface area contributed by atoms with Crippen molar-refractivity contribution < 1.29 is 9.13 Å². The number of nitrogens with zero attached hydrogens (tertiary/aromatic N) is 1. The maximum atomic E-state index is 13.8. The van der Waals surface area contributed by atoms with E-state index in [-0.39, 0.29) is 5.82 Å². The van der Waals surface area contributed by atoms with Gasteiger partial charge in [0.05, 0.1) is 27.7 Å². The topological polar surface area (TPSA) is 21.3 Å². The Morgan fingerprint density at radius 3 is 2.81 bits per heavy atom. The highest BCUT2D eigenvalue weighted by Gasteiger charge is 2.50.